The van der Waals surface area contributed by atoms with Gasteiger partial charge in [-0.1, -0.05) is 54.1 Å². The van der Waals surface area contributed by atoms with Crippen LogP contribution in [0.25, 0.3) is 5.76 Å². The Morgan fingerprint density at radius 1 is 1.03 bits per heavy atom. The van der Waals surface area contributed by atoms with Crippen molar-refractivity contribution in [2.75, 3.05) is 4.31 Å². The van der Waals surface area contributed by atoms with Crippen molar-refractivity contribution in [3.05, 3.63) is 117 Å². The Morgan fingerprint density at radius 3 is 2.30 bits per heavy atom. The minimum atomic E-state index is -4.58. The maximum absolute atomic E-state index is 14.2. The lowest BCUT2D eigenvalue weighted by Gasteiger charge is -2.38. The van der Waals surface area contributed by atoms with E-state index in [0.29, 0.717) is 11.3 Å². The second kappa shape index (κ2) is 8.71. The summed E-state index contributed by atoms with van der Waals surface area (Å²) in [6, 6.07) is 20.0. The van der Waals surface area contributed by atoms with Gasteiger partial charge in [0.05, 0.1) is 23.7 Å². The van der Waals surface area contributed by atoms with Crippen molar-refractivity contribution in [3.8, 4) is 6.07 Å². The van der Waals surface area contributed by atoms with Crippen LogP contribution in [0.15, 0.2) is 89.2 Å². The van der Waals surface area contributed by atoms with E-state index < -0.39 is 27.7 Å². The number of nitrogens with two attached hydrogens (primary N) is 1. The molecule has 0 aromatic heterocycles. The molecule has 1 atom stereocenters. The molecule has 0 fully saturated rings. The summed E-state index contributed by atoms with van der Waals surface area (Å²) in [4.78, 5) is -0.246. The van der Waals surface area contributed by atoms with Crippen LogP contribution in [0, 0.1) is 18.3 Å². The quantitative estimate of drug-likeness (QED) is 0.486. The summed E-state index contributed by atoms with van der Waals surface area (Å²) in [7, 11) is -4.32. The fourth-order valence-corrected chi connectivity index (χ4v) is 6.45. The molecule has 3 aromatic rings. The Hall–Kier alpha value is -4.23. The molecule has 10 heteroatoms. The van der Waals surface area contributed by atoms with Gasteiger partial charge < -0.3 is 10.5 Å². The van der Waals surface area contributed by atoms with Crippen LogP contribution >= 0.6 is 0 Å². The number of hydrogen-bond acceptors (Lipinski definition) is 5. The van der Waals surface area contributed by atoms with Gasteiger partial charge in [-0.05, 0) is 42.3 Å². The maximum atomic E-state index is 14.2. The zero-order valence-corrected chi connectivity index (χ0v) is 20.3. The van der Waals surface area contributed by atoms with E-state index in [4.69, 9.17) is 10.5 Å². The number of fused-ring (bicyclic) bond motifs is 2. The van der Waals surface area contributed by atoms with Gasteiger partial charge in [0.1, 0.15) is 16.5 Å². The summed E-state index contributed by atoms with van der Waals surface area (Å²) in [6.45, 7) is 1.92. The normalized spacial score (nSPS) is 18.6. The molecule has 2 N–H and O–H groups in total. The molecular weight excluding hydrogens is 503 g/mol. The molecule has 0 saturated carbocycles. The summed E-state index contributed by atoms with van der Waals surface area (Å²) in [5, 5.41) is 9.88. The Bertz CT molecular complexity index is 1600. The van der Waals surface area contributed by atoms with E-state index in [-0.39, 0.29) is 34.2 Å². The fraction of sp³-hybridized carbons (Fsp3) is 0.148. The summed E-state index contributed by atoms with van der Waals surface area (Å²) in [5.74, 6) is -1.60. The lowest BCUT2D eigenvalue weighted by Crippen LogP contribution is -2.39. The number of hydrogen-bond donors (Lipinski definition) is 1. The van der Waals surface area contributed by atoms with Gasteiger partial charge in [0.15, 0.2) is 5.76 Å². The molecule has 3 aromatic carbocycles. The molecule has 188 valence electrons. The summed E-state index contributed by atoms with van der Waals surface area (Å²) >= 11 is 0. The molecule has 2 aliphatic rings. The molecular formula is C27H20F3N3O3S. The molecule has 0 aliphatic carbocycles. The van der Waals surface area contributed by atoms with E-state index in [1.165, 1.54) is 4.31 Å². The lowest BCUT2D eigenvalue weighted by atomic mass is 9.88. The van der Waals surface area contributed by atoms with Crippen molar-refractivity contribution in [1.29, 1.82) is 5.26 Å². The van der Waals surface area contributed by atoms with E-state index in [0.717, 1.165) is 35.4 Å². The molecule has 0 amide bonds. The first-order valence-electron chi connectivity index (χ1n) is 11.2. The number of aryl methyl sites for hydroxylation is 1. The van der Waals surface area contributed by atoms with Gasteiger partial charge in [-0.25, -0.2) is 8.42 Å². The molecule has 5 rings (SSSR count). The Morgan fingerprint density at radius 2 is 1.68 bits per heavy atom. The number of ether oxygens (including phenoxy) is 1. The minimum absolute atomic E-state index is 0.00276. The molecule has 0 radical (unpaired) electrons. The van der Waals surface area contributed by atoms with Crippen molar-refractivity contribution in [2.45, 2.75) is 25.6 Å². The third-order valence-corrected chi connectivity index (χ3v) is 8.26. The van der Waals surface area contributed by atoms with Crippen LogP contribution in [0.5, 0.6) is 0 Å². The second-order valence-corrected chi connectivity index (χ2v) is 10.6. The highest BCUT2D eigenvalue weighted by Crippen LogP contribution is 2.51. The van der Waals surface area contributed by atoms with Crippen molar-refractivity contribution < 1.29 is 26.3 Å². The maximum Gasteiger partial charge on any atom is 0.416 e. The zero-order valence-electron chi connectivity index (χ0n) is 19.5. The standard InChI is InChI=1S/C27H20F3N3O3S/c1-16-6-8-17(9-7-16)15-33-22-5-3-2-4-20(22)24-25(37(33,34)35)23(21(14-31)26(32)36-24)18-10-12-19(13-11-18)27(28,29)30/h2-13,23H,15,32H2,1H3/t23-/m1/s1. The Labute approximate surface area is 211 Å². The average Bonchev–Trinajstić information content (AvgIpc) is 2.86. The van der Waals surface area contributed by atoms with Crippen molar-refractivity contribution in [1.82, 2.24) is 0 Å². The van der Waals surface area contributed by atoms with Gasteiger partial charge in [-0.2, -0.15) is 18.4 Å². The molecule has 0 saturated heterocycles. The second-order valence-electron chi connectivity index (χ2n) is 8.75. The molecule has 2 aliphatic heterocycles. The topological polar surface area (TPSA) is 96.4 Å². The first-order valence-corrected chi connectivity index (χ1v) is 12.6. The van der Waals surface area contributed by atoms with E-state index in [9.17, 15) is 26.9 Å². The van der Waals surface area contributed by atoms with Gasteiger partial charge in [0, 0.05) is 5.56 Å². The lowest BCUT2D eigenvalue weighted by molar-refractivity contribution is -0.137. The number of anilines is 1. The molecule has 2 heterocycles. The van der Waals surface area contributed by atoms with E-state index >= 15 is 0 Å². The van der Waals surface area contributed by atoms with Crippen LogP contribution in [0.4, 0.5) is 18.9 Å². The number of halogens is 3. The SMILES string of the molecule is Cc1ccc(CN2c3ccccc3C3=C([C@H](c4ccc(C(F)(F)F)cc4)C(C#N)=C(N)O3)S2(=O)=O)cc1. The average molecular weight is 524 g/mol. The van der Waals surface area contributed by atoms with Crippen LogP contribution in [-0.4, -0.2) is 8.42 Å². The largest absolute Gasteiger partial charge is 0.439 e. The predicted molar refractivity (Wildman–Crippen MR) is 132 cm³/mol. The number of nitrogens with zero attached hydrogens (tertiary/aromatic N) is 2. The first-order chi connectivity index (χ1) is 17.5. The third kappa shape index (κ3) is 4.11. The van der Waals surface area contributed by atoms with E-state index in [2.05, 4.69) is 0 Å². The molecule has 0 spiro atoms. The molecule has 6 nitrogen and oxygen atoms in total. The molecule has 0 unspecified atom stereocenters. The van der Waals surface area contributed by atoms with Gasteiger partial charge in [-0.3, -0.25) is 4.31 Å². The Balaban J connectivity index is 1.72. The van der Waals surface area contributed by atoms with Crippen LogP contribution in [-0.2, 0) is 27.5 Å². The first kappa shape index (κ1) is 24.5. The monoisotopic (exact) mass is 523 g/mol. The summed E-state index contributed by atoms with van der Waals surface area (Å²) in [5.41, 5.74) is 7.67. The highest BCUT2D eigenvalue weighted by atomic mass is 32.2. The fourth-order valence-electron chi connectivity index (χ4n) is 4.54. The number of nitriles is 1. The molecule has 37 heavy (non-hydrogen) atoms. The number of sulfonamides is 1. The highest BCUT2D eigenvalue weighted by molar-refractivity contribution is 7.96. The van der Waals surface area contributed by atoms with Crippen molar-refractivity contribution in [3.63, 3.8) is 0 Å². The number of benzene rings is 3. The number of alkyl halides is 3. The Kier molecular flexibility index (Phi) is 5.76. The van der Waals surface area contributed by atoms with Crippen LogP contribution in [0.1, 0.15) is 33.7 Å². The van der Waals surface area contributed by atoms with Gasteiger partial charge in [0.25, 0.3) is 10.0 Å². The summed E-state index contributed by atoms with van der Waals surface area (Å²) in [6.07, 6.45) is -4.58. The van der Waals surface area contributed by atoms with E-state index in [1.54, 1.807) is 24.3 Å². The van der Waals surface area contributed by atoms with Gasteiger partial charge >= 0.3 is 6.18 Å². The molecule has 0 bridgehead atoms. The summed E-state index contributed by atoms with van der Waals surface area (Å²) < 4.78 is 74.9. The van der Waals surface area contributed by atoms with Crippen LogP contribution < -0.4 is 10.0 Å². The van der Waals surface area contributed by atoms with Gasteiger partial charge in [0.2, 0.25) is 5.88 Å². The third-order valence-electron chi connectivity index (χ3n) is 6.38. The smallest absolute Gasteiger partial charge is 0.416 e. The minimum Gasteiger partial charge on any atom is -0.439 e. The van der Waals surface area contributed by atoms with Crippen molar-refractivity contribution in [2.24, 2.45) is 5.73 Å². The number of allylic oxidation sites excluding steroid dienone is 2. The zero-order chi connectivity index (χ0) is 26.5. The highest BCUT2D eigenvalue weighted by Gasteiger charge is 2.47. The number of para-hydroxylation sites is 1. The van der Waals surface area contributed by atoms with Crippen LogP contribution in [0.3, 0.4) is 0 Å². The predicted octanol–water partition coefficient (Wildman–Crippen LogP) is 5.54. The van der Waals surface area contributed by atoms with Crippen molar-refractivity contribution >= 4 is 21.5 Å². The van der Waals surface area contributed by atoms with Gasteiger partial charge in [-0.15, -0.1) is 0 Å². The number of rotatable bonds is 3. The van der Waals surface area contributed by atoms with E-state index in [1.807, 2.05) is 37.3 Å². The van der Waals surface area contributed by atoms with Crippen LogP contribution in [0.2, 0.25) is 0 Å².